The number of halogens is 1. The first-order valence-electron chi connectivity index (χ1n) is 12.5. The Bertz CT molecular complexity index is 1260. The number of rotatable bonds is 13. The molecule has 5 nitrogen and oxygen atoms in total. The Kier molecular flexibility index (Phi) is 9.51. The van der Waals surface area contributed by atoms with Gasteiger partial charge in [-0.3, -0.25) is 0 Å². The summed E-state index contributed by atoms with van der Waals surface area (Å²) in [6, 6.07) is 10.2. The van der Waals surface area contributed by atoms with E-state index in [4.69, 9.17) is 0 Å². The third-order valence-corrected chi connectivity index (χ3v) is 6.13. The second kappa shape index (κ2) is 12.8. The van der Waals surface area contributed by atoms with Crippen molar-refractivity contribution in [3.05, 3.63) is 101 Å². The molecule has 3 N–H and O–H groups in total. The van der Waals surface area contributed by atoms with E-state index >= 15 is 0 Å². The second-order valence-corrected chi connectivity index (χ2v) is 8.99. The van der Waals surface area contributed by atoms with E-state index in [1.165, 1.54) is 11.8 Å². The Labute approximate surface area is 214 Å². The highest BCUT2D eigenvalue weighted by atomic mass is 19.1. The maximum Gasteiger partial charge on any atom is 0.164 e. The average Bonchev–Trinajstić information content (AvgIpc) is 3.40. The molecule has 0 aliphatic heterocycles. The van der Waals surface area contributed by atoms with Crippen LogP contribution in [0.5, 0.6) is 0 Å². The summed E-state index contributed by atoms with van der Waals surface area (Å²) in [5, 5.41) is 11.1. The molecule has 3 rings (SSSR count). The van der Waals surface area contributed by atoms with Crippen molar-refractivity contribution in [1.29, 1.82) is 0 Å². The zero-order valence-electron chi connectivity index (χ0n) is 21.9. The van der Waals surface area contributed by atoms with Crippen LogP contribution >= 0.6 is 0 Å². The zero-order valence-corrected chi connectivity index (χ0v) is 21.9. The number of aromatic nitrogens is 3. The van der Waals surface area contributed by atoms with Crippen molar-refractivity contribution in [1.82, 2.24) is 25.4 Å². The summed E-state index contributed by atoms with van der Waals surface area (Å²) in [5.74, 6) is 0.372. The number of hydrogen-bond acceptors (Lipinski definition) is 3. The first kappa shape index (κ1) is 26.8. The molecule has 2 aromatic heterocycles. The summed E-state index contributed by atoms with van der Waals surface area (Å²) in [6.45, 7) is 17.9. The molecule has 2 heterocycles. The summed E-state index contributed by atoms with van der Waals surface area (Å²) >= 11 is 0. The molecule has 0 saturated heterocycles. The molecule has 0 bridgehead atoms. The van der Waals surface area contributed by atoms with Crippen LogP contribution in [0.15, 0.2) is 61.8 Å². The predicted octanol–water partition coefficient (Wildman–Crippen LogP) is 6.84. The molecule has 0 spiro atoms. The highest BCUT2D eigenvalue weighted by molar-refractivity contribution is 5.79. The van der Waals surface area contributed by atoms with Crippen molar-refractivity contribution in [2.45, 2.75) is 47.0 Å². The predicted molar refractivity (Wildman–Crippen MR) is 151 cm³/mol. The van der Waals surface area contributed by atoms with Crippen LogP contribution in [0.25, 0.3) is 23.2 Å². The van der Waals surface area contributed by atoms with Crippen molar-refractivity contribution >= 4 is 23.2 Å². The summed E-state index contributed by atoms with van der Waals surface area (Å²) in [7, 11) is 0. The fourth-order valence-electron chi connectivity index (χ4n) is 3.94. The number of aromatic amines is 1. The molecular formula is C30H38FN5. The van der Waals surface area contributed by atoms with E-state index in [0.29, 0.717) is 11.5 Å². The lowest BCUT2D eigenvalue weighted by Crippen LogP contribution is -2.22. The number of allylic oxidation sites excluding steroid dienone is 3. The summed E-state index contributed by atoms with van der Waals surface area (Å²) in [6.07, 6.45) is 10.3. The molecule has 0 saturated carbocycles. The largest absolute Gasteiger partial charge is 0.384 e. The lowest BCUT2D eigenvalue weighted by Gasteiger charge is -2.15. The summed E-state index contributed by atoms with van der Waals surface area (Å²) in [5.41, 5.74) is 7.72. The van der Waals surface area contributed by atoms with E-state index in [0.717, 1.165) is 66.1 Å². The maximum atomic E-state index is 14.0. The maximum absolute atomic E-state index is 14.0. The molecule has 0 unspecified atom stereocenters. The zero-order chi connectivity index (χ0) is 26.1. The minimum atomic E-state index is -0.334. The third kappa shape index (κ3) is 6.87. The van der Waals surface area contributed by atoms with Crippen molar-refractivity contribution in [3.8, 4) is 0 Å². The molecule has 1 aromatic carbocycles. The first-order valence-corrected chi connectivity index (χ1v) is 12.5. The van der Waals surface area contributed by atoms with E-state index in [9.17, 15) is 4.39 Å². The van der Waals surface area contributed by atoms with E-state index < -0.39 is 0 Å². The molecule has 0 aliphatic carbocycles. The Balaban J connectivity index is 1.56. The molecule has 190 valence electrons. The van der Waals surface area contributed by atoms with Gasteiger partial charge >= 0.3 is 0 Å². The van der Waals surface area contributed by atoms with Gasteiger partial charge in [0.15, 0.2) is 5.82 Å². The molecular weight excluding hydrogens is 449 g/mol. The normalized spacial score (nSPS) is 11.8. The van der Waals surface area contributed by atoms with E-state index in [2.05, 4.69) is 78.9 Å². The fraction of sp³-hybridized carbons (Fsp3) is 0.300. The molecule has 0 atom stereocenters. The van der Waals surface area contributed by atoms with Gasteiger partial charge in [0.2, 0.25) is 0 Å². The molecule has 0 radical (unpaired) electrons. The van der Waals surface area contributed by atoms with Crippen LogP contribution in [-0.2, 0) is 0 Å². The van der Waals surface area contributed by atoms with Gasteiger partial charge in [-0.05, 0) is 80.5 Å². The van der Waals surface area contributed by atoms with Gasteiger partial charge in [-0.2, -0.15) is 5.10 Å². The average molecular weight is 488 g/mol. The van der Waals surface area contributed by atoms with Gasteiger partial charge in [0.1, 0.15) is 5.82 Å². The van der Waals surface area contributed by atoms with Gasteiger partial charge < -0.3 is 15.6 Å². The quantitative estimate of drug-likeness (QED) is 0.183. The van der Waals surface area contributed by atoms with Crippen LogP contribution in [0.3, 0.4) is 0 Å². The second-order valence-electron chi connectivity index (χ2n) is 8.99. The number of nitrogens with zero attached hydrogens (tertiary/aromatic N) is 2. The van der Waals surface area contributed by atoms with Crippen LogP contribution in [-0.4, -0.2) is 27.9 Å². The van der Waals surface area contributed by atoms with Gasteiger partial charge in [-0.1, -0.05) is 50.4 Å². The van der Waals surface area contributed by atoms with Crippen molar-refractivity contribution in [3.63, 3.8) is 0 Å². The molecule has 0 aliphatic rings. The Hall–Kier alpha value is -3.80. The van der Waals surface area contributed by atoms with Crippen LogP contribution in [0.4, 0.5) is 4.39 Å². The summed E-state index contributed by atoms with van der Waals surface area (Å²) < 4.78 is 15.6. The van der Waals surface area contributed by atoms with Crippen LogP contribution in [0.2, 0.25) is 0 Å². The van der Waals surface area contributed by atoms with Crippen LogP contribution in [0.1, 0.15) is 60.0 Å². The molecule has 0 fully saturated rings. The van der Waals surface area contributed by atoms with Gasteiger partial charge in [-0.15, -0.1) is 0 Å². The van der Waals surface area contributed by atoms with Gasteiger partial charge in [0.05, 0.1) is 23.3 Å². The van der Waals surface area contributed by atoms with Crippen molar-refractivity contribution in [2.24, 2.45) is 0 Å². The minimum Gasteiger partial charge on any atom is -0.384 e. The smallest absolute Gasteiger partial charge is 0.164 e. The van der Waals surface area contributed by atoms with Gasteiger partial charge in [0.25, 0.3) is 0 Å². The molecule has 36 heavy (non-hydrogen) atoms. The third-order valence-electron chi connectivity index (χ3n) is 6.13. The van der Waals surface area contributed by atoms with Gasteiger partial charge in [0, 0.05) is 18.8 Å². The number of aryl methyl sites for hydroxylation is 2. The van der Waals surface area contributed by atoms with Crippen molar-refractivity contribution < 1.29 is 4.39 Å². The topological polar surface area (TPSA) is 57.7 Å². The lowest BCUT2D eigenvalue weighted by atomic mass is 10.0. The van der Waals surface area contributed by atoms with E-state index in [-0.39, 0.29) is 5.82 Å². The van der Waals surface area contributed by atoms with Crippen molar-refractivity contribution in [2.75, 3.05) is 13.1 Å². The molecule has 3 aromatic rings. The summed E-state index contributed by atoms with van der Waals surface area (Å²) in [4.78, 5) is 3.43. The Morgan fingerprint density at radius 1 is 1.08 bits per heavy atom. The van der Waals surface area contributed by atoms with Crippen LogP contribution in [0, 0.1) is 26.6 Å². The number of nitrogens with one attached hydrogen (secondary N) is 3. The van der Waals surface area contributed by atoms with E-state index in [1.54, 1.807) is 11.6 Å². The number of hydrogen-bond donors (Lipinski definition) is 3. The van der Waals surface area contributed by atoms with E-state index in [1.807, 2.05) is 24.3 Å². The monoisotopic (exact) mass is 487 g/mol. The molecule has 6 heteroatoms. The van der Waals surface area contributed by atoms with Gasteiger partial charge in [-0.25, -0.2) is 9.07 Å². The fourth-order valence-corrected chi connectivity index (χ4v) is 3.94. The highest BCUT2D eigenvalue weighted by Crippen LogP contribution is 2.21. The lowest BCUT2D eigenvalue weighted by molar-refractivity contribution is 0.613. The van der Waals surface area contributed by atoms with Crippen LogP contribution < -0.4 is 10.6 Å². The Morgan fingerprint density at radius 2 is 1.81 bits per heavy atom. The molecule has 0 amide bonds. The Morgan fingerprint density at radius 3 is 2.47 bits per heavy atom. The highest BCUT2D eigenvalue weighted by Gasteiger charge is 2.11. The number of benzene rings is 1. The SMILES string of the molecule is C=C(NCCCCN/C(=C/C(=C)c1ccccc1C)n1ncc(F)c1C)c1cc(C)c(/C=C\CC)[nH]1. The number of H-pyrrole nitrogens is 1. The number of unbranched alkanes of at least 4 members (excludes halogenated alkanes) is 1. The minimum absolute atomic E-state index is 0.334. The standard InChI is InChI=1S/C30H38FN5/c1-7-8-15-28-23(4)18-29(35-28)24(5)32-16-11-12-17-33-30(36-25(6)27(31)20-34-36)19-22(3)26-14-10-9-13-21(26)2/h8-10,13-15,18-20,32-33,35H,3,5,7,11-12,16-17H2,1-2,4,6H3/b15-8-,30-19-. The first-order chi connectivity index (χ1) is 17.3.